The Bertz CT molecular complexity index is 349. The number of carbonyl (C=O) groups excluding carboxylic acids is 1. The van der Waals surface area contributed by atoms with E-state index in [1.54, 1.807) is 0 Å². The third kappa shape index (κ3) is 2.95. The molecule has 0 N–H and O–H groups in total. The molecule has 0 unspecified atom stereocenters. The number of esters is 1. The zero-order chi connectivity index (χ0) is 11.4. The van der Waals surface area contributed by atoms with Crippen LogP contribution in [0.2, 0.25) is 0 Å². The lowest BCUT2D eigenvalue weighted by molar-refractivity contribution is -0.137. The van der Waals surface area contributed by atoms with Crippen molar-refractivity contribution in [1.29, 1.82) is 0 Å². The fraction of sp³-hybridized carbons (Fsp3) is 0.667. The first-order chi connectivity index (χ1) is 7.06. The van der Waals surface area contributed by atoms with Crippen molar-refractivity contribution in [1.82, 2.24) is 14.8 Å². The Kier molecular flexibility index (Phi) is 4.14. The molecular formula is C9H15N3O2S. The molecule has 1 aromatic heterocycles. The fourth-order valence-electron chi connectivity index (χ4n) is 1.14. The van der Waals surface area contributed by atoms with Crippen molar-refractivity contribution < 1.29 is 9.53 Å². The minimum Gasteiger partial charge on any atom is -0.468 e. The number of ether oxygens (including phenoxy) is 1. The topological polar surface area (TPSA) is 57.0 Å². The predicted molar refractivity (Wildman–Crippen MR) is 57.8 cm³/mol. The Morgan fingerprint density at radius 1 is 1.53 bits per heavy atom. The van der Waals surface area contributed by atoms with Crippen molar-refractivity contribution in [3.8, 4) is 0 Å². The lowest BCUT2D eigenvalue weighted by atomic mass is 10.2. The van der Waals surface area contributed by atoms with Gasteiger partial charge in [-0.1, -0.05) is 25.6 Å². The van der Waals surface area contributed by atoms with Crippen LogP contribution in [-0.4, -0.2) is 33.6 Å². The van der Waals surface area contributed by atoms with Gasteiger partial charge in [0.2, 0.25) is 0 Å². The van der Waals surface area contributed by atoms with Gasteiger partial charge in [0.25, 0.3) is 0 Å². The zero-order valence-electron chi connectivity index (χ0n) is 9.35. The van der Waals surface area contributed by atoms with Gasteiger partial charge in [-0.2, -0.15) is 0 Å². The molecule has 84 valence electrons. The minimum absolute atomic E-state index is 0.255. The van der Waals surface area contributed by atoms with Crippen LogP contribution in [0, 0.1) is 0 Å². The van der Waals surface area contributed by atoms with E-state index < -0.39 is 0 Å². The number of rotatable bonds is 4. The highest BCUT2D eigenvalue weighted by atomic mass is 32.2. The maximum atomic E-state index is 10.9. The van der Waals surface area contributed by atoms with Gasteiger partial charge in [-0.25, -0.2) is 0 Å². The molecule has 1 rings (SSSR count). The summed E-state index contributed by atoms with van der Waals surface area (Å²) in [5, 5.41) is 8.81. The monoisotopic (exact) mass is 229 g/mol. The molecule has 0 amide bonds. The maximum absolute atomic E-state index is 10.9. The van der Waals surface area contributed by atoms with Crippen LogP contribution < -0.4 is 0 Å². The van der Waals surface area contributed by atoms with Crippen molar-refractivity contribution in [2.75, 3.05) is 12.9 Å². The summed E-state index contributed by atoms with van der Waals surface area (Å²) in [6, 6.07) is 0. The van der Waals surface area contributed by atoms with Gasteiger partial charge in [-0.3, -0.25) is 4.79 Å². The van der Waals surface area contributed by atoms with Gasteiger partial charge in [0, 0.05) is 13.0 Å². The molecule has 0 fully saturated rings. The minimum atomic E-state index is -0.255. The molecule has 0 aliphatic rings. The Morgan fingerprint density at radius 2 is 2.20 bits per heavy atom. The molecule has 0 saturated carbocycles. The number of thioether (sulfide) groups is 1. The number of methoxy groups -OCH3 is 1. The lowest BCUT2D eigenvalue weighted by Gasteiger charge is -2.04. The molecule has 0 atom stereocenters. The van der Waals surface area contributed by atoms with Crippen molar-refractivity contribution >= 4 is 17.7 Å². The molecule has 0 bridgehead atoms. The van der Waals surface area contributed by atoms with E-state index in [1.165, 1.54) is 18.9 Å². The SMILES string of the molecule is COC(=O)CSc1nnc(C(C)C)n1C. The second kappa shape index (κ2) is 5.16. The normalized spacial score (nSPS) is 10.7. The first-order valence-corrected chi connectivity index (χ1v) is 5.63. The molecule has 15 heavy (non-hydrogen) atoms. The summed E-state index contributed by atoms with van der Waals surface area (Å²) < 4.78 is 6.45. The van der Waals surface area contributed by atoms with Crippen LogP contribution in [0.3, 0.4) is 0 Å². The average Bonchev–Trinajstić information content (AvgIpc) is 2.56. The summed E-state index contributed by atoms with van der Waals surface area (Å²) >= 11 is 1.33. The Hall–Kier alpha value is -1.04. The first-order valence-electron chi connectivity index (χ1n) is 4.65. The highest BCUT2D eigenvalue weighted by molar-refractivity contribution is 7.99. The largest absolute Gasteiger partial charge is 0.468 e. The molecule has 0 aliphatic heterocycles. The van der Waals surface area contributed by atoms with E-state index in [0.29, 0.717) is 5.92 Å². The summed E-state index contributed by atoms with van der Waals surface area (Å²) in [5.41, 5.74) is 0. The number of carbonyl (C=O) groups is 1. The van der Waals surface area contributed by atoms with Gasteiger partial charge < -0.3 is 9.30 Å². The van der Waals surface area contributed by atoms with Crippen LogP contribution >= 0.6 is 11.8 Å². The van der Waals surface area contributed by atoms with Crippen LogP contribution in [0.1, 0.15) is 25.6 Å². The Morgan fingerprint density at radius 3 is 2.67 bits per heavy atom. The molecule has 5 nitrogen and oxygen atoms in total. The van der Waals surface area contributed by atoms with Crippen LogP contribution in [-0.2, 0) is 16.6 Å². The third-order valence-electron chi connectivity index (χ3n) is 1.93. The average molecular weight is 229 g/mol. The van der Waals surface area contributed by atoms with Crippen LogP contribution in [0.4, 0.5) is 0 Å². The quantitative estimate of drug-likeness (QED) is 0.573. The molecule has 0 saturated heterocycles. The van der Waals surface area contributed by atoms with E-state index in [2.05, 4.69) is 28.8 Å². The van der Waals surface area contributed by atoms with Crippen LogP contribution in [0.15, 0.2) is 5.16 Å². The standard InChI is InChI=1S/C9H15N3O2S/c1-6(2)8-10-11-9(12(8)3)15-5-7(13)14-4/h6H,5H2,1-4H3. The van der Waals surface area contributed by atoms with Gasteiger partial charge in [-0.15, -0.1) is 10.2 Å². The van der Waals surface area contributed by atoms with Crippen LogP contribution in [0.25, 0.3) is 0 Å². The zero-order valence-corrected chi connectivity index (χ0v) is 10.2. The molecule has 1 aromatic rings. The van der Waals surface area contributed by atoms with E-state index in [4.69, 9.17) is 0 Å². The molecule has 6 heteroatoms. The van der Waals surface area contributed by atoms with Gasteiger partial charge in [0.05, 0.1) is 12.9 Å². The number of aromatic nitrogens is 3. The van der Waals surface area contributed by atoms with E-state index in [9.17, 15) is 4.79 Å². The molecule has 1 heterocycles. The fourth-order valence-corrected chi connectivity index (χ4v) is 1.89. The van der Waals surface area contributed by atoms with E-state index >= 15 is 0 Å². The maximum Gasteiger partial charge on any atom is 0.316 e. The van der Waals surface area contributed by atoms with Crippen molar-refractivity contribution in [3.05, 3.63) is 5.82 Å². The lowest BCUT2D eigenvalue weighted by Crippen LogP contribution is -2.05. The summed E-state index contributed by atoms with van der Waals surface area (Å²) in [5.74, 6) is 1.26. The van der Waals surface area contributed by atoms with Crippen molar-refractivity contribution in [3.63, 3.8) is 0 Å². The van der Waals surface area contributed by atoms with Gasteiger partial charge in [0.15, 0.2) is 5.16 Å². The highest BCUT2D eigenvalue weighted by Gasteiger charge is 2.13. The molecule has 0 aliphatic carbocycles. The molecule has 0 radical (unpaired) electrons. The van der Waals surface area contributed by atoms with Crippen molar-refractivity contribution in [2.45, 2.75) is 24.9 Å². The molecule has 0 aromatic carbocycles. The first kappa shape index (κ1) is 12.0. The second-order valence-corrected chi connectivity index (χ2v) is 4.36. The number of hydrogen-bond donors (Lipinski definition) is 0. The van der Waals surface area contributed by atoms with E-state index in [0.717, 1.165) is 11.0 Å². The second-order valence-electron chi connectivity index (χ2n) is 3.42. The van der Waals surface area contributed by atoms with Gasteiger partial charge in [-0.05, 0) is 0 Å². The van der Waals surface area contributed by atoms with Crippen molar-refractivity contribution in [2.24, 2.45) is 7.05 Å². The predicted octanol–water partition coefficient (Wildman–Crippen LogP) is 1.20. The van der Waals surface area contributed by atoms with Crippen LogP contribution in [0.5, 0.6) is 0 Å². The highest BCUT2D eigenvalue weighted by Crippen LogP contribution is 2.19. The summed E-state index contributed by atoms with van der Waals surface area (Å²) in [4.78, 5) is 10.9. The Labute approximate surface area is 93.2 Å². The molecular weight excluding hydrogens is 214 g/mol. The number of nitrogens with zero attached hydrogens (tertiary/aromatic N) is 3. The summed E-state index contributed by atoms with van der Waals surface area (Å²) in [7, 11) is 3.27. The third-order valence-corrected chi connectivity index (χ3v) is 2.93. The van der Waals surface area contributed by atoms with E-state index in [-0.39, 0.29) is 11.7 Å². The molecule has 0 spiro atoms. The van der Waals surface area contributed by atoms with Gasteiger partial charge in [0.1, 0.15) is 5.82 Å². The number of hydrogen-bond acceptors (Lipinski definition) is 5. The smallest absolute Gasteiger partial charge is 0.316 e. The van der Waals surface area contributed by atoms with E-state index in [1.807, 2.05) is 11.6 Å². The summed E-state index contributed by atoms with van der Waals surface area (Å²) in [6.07, 6.45) is 0. The Balaban J connectivity index is 2.67. The summed E-state index contributed by atoms with van der Waals surface area (Å²) in [6.45, 7) is 4.11. The van der Waals surface area contributed by atoms with Gasteiger partial charge >= 0.3 is 5.97 Å².